The van der Waals surface area contributed by atoms with Crippen LogP contribution in [-0.2, 0) is 11.4 Å². The summed E-state index contributed by atoms with van der Waals surface area (Å²) in [5.74, 6) is -0.252. The fourth-order valence-corrected chi connectivity index (χ4v) is 4.27. The Labute approximate surface area is 206 Å². The molecule has 0 bridgehead atoms. The van der Waals surface area contributed by atoms with Gasteiger partial charge in [-0.3, -0.25) is 19.3 Å². The summed E-state index contributed by atoms with van der Waals surface area (Å²) in [5, 5.41) is -0.495. The normalized spacial score (nSPS) is 14.5. The Morgan fingerprint density at radius 2 is 1.77 bits per heavy atom. The Balaban J connectivity index is 1.49. The number of imide groups is 1. The summed E-state index contributed by atoms with van der Waals surface area (Å²) in [6.45, 7) is 2.06. The van der Waals surface area contributed by atoms with Crippen molar-refractivity contribution >= 4 is 34.8 Å². The first-order chi connectivity index (χ1) is 16.9. The maximum atomic E-state index is 13.4. The summed E-state index contributed by atoms with van der Waals surface area (Å²) in [6.07, 6.45) is 1.58. The standard InChI is InChI=1S/C27H22FNO5S/c1-2-33-24-14-18(11-12-23(24)34-17-19-7-6-10-21(28)13-19)15-25-26(31)29(27(32)35-25)16-22(30)20-8-4-3-5-9-20/h3-15H,2,16-17H2,1H3. The summed E-state index contributed by atoms with van der Waals surface area (Å²) in [5.41, 5.74) is 1.74. The van der Waals surface area contributed by atoms with Gasteiger partial charge in [0.25, 0.3) is 11.1 Å². The van der Waals surface area contributed by atoms with Gasteiger partial charge in [0, 0.05) is 5.56 Å². The van der Waals surface area contributed by atoms with Gasteiger partial charge in [0.2, 0.25) is 0 Å². The molecule has 0 saturated carbocycles. The predicted molar refractivity (Wildman–Crippen MR) is 132 cm³/mol. The first kappa shape index (κ1) is 24.2. The van der Waals surface area contributed by atoms with E-state index >= 15 is 0 Å². The minimum atomic E-state index is -0.520. The molecular weight excluding hydrogens is 469 g/mol. The summed E-state index contributed by atoms with van der Waals surface area (Å²) in [7, 11) is 0. The summed E-state index contributed by atoms with van der Waals surface area (Å²) < 4.78 is 24.9. The fraction of sp³-hybridized carbons (Fsp3) is 0.148. The molecule has 0 aromatic heterocycles. The molecule has 0 aliphatic carbocycles. The van der Waals surface area contributed by atoms with Crippen molar-refractivity contribution in [2.45, 2.75) is 13.5 Å². The van der Waals surface area contributed by atoms with Crippen molar-refractivity contribution in [1.82, 2.24) is 4.90 Å². The van der Waals surface area contributed by atoms with Crippen molar-refractivity contribution in [1.29, 1.82) is 0 Å². The molecule has 0 spiro atoms. The Bertz CT molecular complexity index is 1290. The van der Waals surface area contributed by atoms with Gasteiger partial charge in [-0.05, 0) is 60.2 Å². The molecule has 1 heterocycles. The summed E-state index contributed by atoms with van der Waals surface area (Å²) in [6, 6.07) is 19.8. The highest BCUT2D eigenvalue weighted by atomic mass is 32.2. The molecule has 178 valence electrons. The van der Waals surface area contributed by atoms with Crippen LogP contribution in [0.2, 0.25) is 0 Å². The van der Waals surface area contributed by atoms with Gasteiger partial charge in [0.15, 0.2) is 17.3 Å². The van der Waals surface area contributed by atoms with E-state index < -0.39 is 11.1 Å². The van der Waals surface area contributed by atoms with E-state index in [0.717, 1.165) is 16.7 Å². The van der Waals surface area contributed by atoms with E-state index in [0.29, 0.717) is 34.8 Å². The van der Waals surface area contributed by atoms with Crippen molar-refractivity contribution in [3.05, 3.63) is 100 Å². The molecule has 0 unspecified atom stereocenters. The number of halogens is 1. The molecule has 2 amide bonds. The Hall–Kier alpha value is -3.91. The third-order valence-electron chi connectivity index (χ3n) is 5.12. The zero-order chi connectivity index (χ0) is 24.8. The van der Waals surface area contributed by atoms with Gasteiger partial charge in [0.1, 0.15) is 12.4 Å². The Morgan fingerprint density at radius 1 is 0.971 bits per heavy atom. The summed E-state index contributed by atoms with van der Waals surface area (Å²) in [4.78, 5) is 38.9. The van der Waals surface area contributed by atoms with Crippen LogP contribution in [-0.4, -0.2) is 35.0 Å². The number of benzene rings is 3. The predicted octanol–water partition coefficient (Wildman–Crippen LogP) is 5.72. The highest BCUT2D eigenvalue weighted by Crippen LogP contribution is 2.35. The van der Waals surface area contributed by atoms with Gasteiger partial charge >= 0.3 is 0 Å². The number of ether oxygens (including phenoxy) is 2. The molecule has 0 atom stereocenters. The second-order valence-electron chi connectivity index (χ2n) is 7.61. The molecule has 3 aromatic carbocycles. The third kappa shape index (κ3) is 5.96. The van der Waals surface area contributed by atoms with Gasteiger partial charge in [-0.25, -0.2) is 4.39 Å². The van der Waals surface area contributed by atoms with Crippen LogP contribution in [0.5, 0.6) is 11.5 Å². The molecule has 1 fully saturated rings. The number of carbonyl (C=O) groups is 3. The molecule has 1 saturated heterocycles. The molecule has 35 heavy (non-hydrogen) atoms. The average molecular weight is 492 g/mol. The third-order valence-corrected chi connectivity index (χ3v) is 6.03. The number of hydrogen-bond acceptors (Lipinski definition) is 6. The van der Waals surface area contributed by atoms with E-state index in [-0.39, 0.29) is 29.7 Å². The lowest BCUT2D eigenvalue weighted by atomic mass is 10.1. The SMILES string of the molecule is CCOc1cc(C=C2SC(=O)N(CC(=O)c3ccccc3)C2=O)ccc1OCc1cccc(F)c1. The molecule has 0 N–H and O–H groups in total. The topological polar surface area (TPSA) is 72.9 Å². The van der Waals surface area contributed by atoms with Crippen molar-refractivity contribution < 1.29 is 28.2 Å². The first-order valence-electron chi connectivity index (χ1n) is 10.9. The number of Topliss-reactive ketones (excluding diaryl/α,β-unsaturated/α-hetero) is 1. The quantitative estimate of drug-likeness (QED) is 0.282. The molecule has 3 aromatic rings. The van der Waals surface area contributed by atoms with Gasteiger partial charge in [-0.2, -0.15) is 0 Å². The molecular formula is C27H22FNO5S. The van der Waals surface area contributed by atoms with Gasteiger partial charge in [-0.15, -0.1) is 0 Å². The van der Waals surface area contributed by atoms with Crippen LogP contribution in [0.3, 0.4) is 0 Å². The lowest BCUT2D eigenvalue weighted by Gasteiger charge is -2.13. The van der Waals surface area contributed by atoms with Crippen LogP contribution in [0.1, 0.15) is 28.4 Å². The van der Waals surface area contributed by atoms with Crippen LogP contribution < -0.4 is 9.47 Å². The fourth-order valence-electron chi connectivity index (χ4n) is 3.44. The minimum Gasteiger partial charge on any atom is -0.490 e. The second kappa shape index (κ2) is 11.0. The van der Waals surface area contributed by atoms with E-state index in [1.54, 1.807) is 66.7 Å². The van der Waals surface area contributed by atoms with Gasteiger partial charge in [-0.1, -0.05) is 48.5 Å². The molecule has 6 nitrogen and oxygen atoms in total. The van der Waals surface area contributed by atoms with E-state index in [1.165, 1.54) is 12.1 Å². The number of ketones is 1. The number of rotatable bonds is 9. The average Bonchev–Trinajstić information content (AvgIpc) is 3.11. The van der Waals surface area contributed by atoms with Crippen molar-refractivity contribution in [2.75, 3.05) is 13.2 Å². The number of thioether (sulfide) groups is 1. The Kier molecular flexibility index (Phi) is 7.62. The maximum absolute atomic E-state index is 13.4. The molecule has 8 heteroatoms. The number of nitrogens with zero attached hydrogens (tertiary/aromatic N) is 1. The Morgan fingerprint density at radius 3 is 2.51 bits per heavy atom. The van der Waals surface area contributed by atoms with Crippen molar-refractivity contribution in [2.24, 2.45) is 0 Å². The van der Waals surface area contributed by atoms with Gasteiger partial charge < -0.3 is 9.47 Å². The maximum Gasteiger partial charge on any atom is 0.293 e. The van der Waals surface area contributed by atoms with Crippen LogP contribution in [0.4, 0.5) is 9.18 Å². The number of amides is 2. The molecule has 1 aliphatic heterocycles. The zero-order valence-corrected chi connectivity index (χ0v) is 19.7. The van der Waals surface area contributed by atoms with Crippen LogP contribution in [0, 0.1) is 5.82 Å². The second-order valence-corrected chi connectivity index (χ2v) is 8.61. The van der Waals surface area contributed by atoms with Gasteiger partial charge in [0.05, 0.1) is 18.1 Å². The highest BCUT2D eigenvalue weighted by Gasteiger charge is 2.36. The van der Waals surface area contributed by atoms with E-state index in [9.17, 15) is 18.8 Å². The smallest absolute Gasteiger partial charge is 0.293 e. The van der Waals surface area contributed by atoms with Crippen LogP contribution in [0.25, 0.3) is 6.08 Å². The minimum absolute atomic E-state index is 0.158. The van der Waals surface area contributed by atoms with E-state index in [4.69, 9.17) is 9.47 Å². The number of hydrogen-bond donors (Lipinski definition) is 0. The summed E-state index contributed by atoms with van der Waals surface area (Å²) >= 11 is 0.785. The van der Waals surface area contributed by atoms with Crippen molar-refractivity contribution in [3.63, 3.8) is 0 Å². The lowest BCUT2D eigenvalue weighted by Crippen LogP contribution is -2.33. The molecule has 4 rings (SSSR count). The van der Waals surface area contributed by atoms with Crippen molar-refractivity contribution in [3.8, 4) is 11.5 Å². The number of carbonyl (C=O) groups excluding carboxylic acids is 3. The molecule has 0 radical (unpaired) electrons. The first-order valence-corrected chi connectivity index (χ1v) is 11.7. The highest BCUT2D eigenvalue weighted by molar-refractivity contribution is 8.18. The molecule has 1 aliphatic rings. The lowest BCUT2D eigenvalue weighted by molar-refractivity contribution is -0.122. The van der Waals surface area contributed by atoms with Crippen LogP contribution in [0.15, 0.2) is 77.7 Å². The monoisotopic (exact) mass is 491 g/mol. The van der Waals surface area contributed by atoms with E-state index in [1.807, 2.05) is 6.92 Å². The zero-order valence-electron chi connectivity index (χ0n) is 18.9. The van der Waals surface area contributed by atoms with E-state index in [2.05, 4.69) is 0 Å². The van der Waals surface area contributed by atoms with Crippen LogP contribution >= 0.6 is 11.8 Å². The largest absolute Gasteiger partial charge is 0.490 e.